The Bertz CT molecular complexity index is 490. The van der Waals surface area contributed by atoms with E-state index in [1.165, 1.54) is 6.20 Å². The van der Waals surface area contributed by atoms with Gasteiger partial charge in [0.15, 0.2) is 0 Å². The van der Waals surface area contributed by atoms with Gasteiger partial charge >= 0.3 is 5.69 Å². The molecule has 0 unspecified atom stereocenters. The van der Waals surface area contributed by atoms with Gasteiger partial charge in [-0.25, -0.2) is 0 Å². The molecule has 1 aromatic heterocycles. The number of hydrogen-bond donors (Lipinski definition) is 2. The quantitative estimate of drug-likeness (QED) is 0.626. The van der Waals surface area contributed by atoms with Crippen molar-refractivity contribution in [1.29, 1.82) is 0 Å². The molecule has 18 heavy (non-hydrogen) atoms. The molecule has 0 saturated heterocycles. The molecule has 98 valence electrons. The number of carbonyl (C=O) groups is 1. The lowest BCUT2D eigenvalue weighted by Gasteiger charge is -2.26. The van der Waals surface area contributed by atoms with Crippen LogP contribution in [0.15, 0.2) is 12.4 Å². The Kier molecular flexibility index (Phi) is 4.07. The number of rotatable bonds is 5. The predicted molar refractivity (Wildman–Crippen MR) is 67.4 cm³/mol. The summed E-state index contributed by atoms with van der Waals surface area (Å²) in [7, 11) is 0. The summed E-state index contributed by atoms with van der Waals surface area (Å²) in [6.07, 6.45) is 2.40. The summed E-state index contributed by atoms with van der Waals surface area (Å²) in [5.41, 5.74) is 4.24. The highest BCUT2D eigenvalue weighted by atomic mass is 35.5. The Morgan fingerprint density at radius 3 is 2.72 bits per heavy atom. The van der Waals surface area contributed by atoms with E-state index in [9.17, 15) is 14.9 Å². The molecule has 1 rings (SSSR count). The zero-order valence-corrected chi connectivity index (χ0v) is 10.7. The summed E-state index contributed by atoms with van der Waals surface area (Å²) in [5.74, 6) is -0.514. The van der Waals surface area contributed by atoms with E-state index in [0.29, 0.717) is 0 Å². The number of primary amides is 1. The van der Waals surface area contributed by atoms with Crippen molar-refractivity contribution in [2.24, 2.45) is 5.73 Å². The smallest absolute Gasteiger partial charge is 0.311 e. The first-order valence-electron chi connectivity index (χ1n) is 5.07. The predicted octanol–water partition coefficient (Wildman–Crippen LogP) is 1.71. The summed E-state index contributed by atoms with van der Waals surface area (Å²) in [6, 6.07) is 0. The van der Waals surface area contributed by atoms with Crippen LogP contribution in [0.5, 0.6) is 0 Å². The standard InChI is InChI=1S/C10H13ClN4O3/c1-10(2,3-8(12)16)14-9-6(11)4-13-5-7(9)15(17)18/h4-5H,3H2,1-2H3,(H2,12,16)(H,13,14). The number of nitrogens with zero attached hydrogens (tertiary/aromatic N) is 2. The van der Waals surface area contributed by atoms with Gasteiger partial charge < -0.3 is 11.1 Å². The number of halogens is 1. The Morgan fingerprint density at radius 1 is 1.61 bits per heavy atom. The molecular weight excluding hydrogens is 260 g/mol. The molecular formula is C10H13ClN4O3. The SMILES string of the molecule is CC(C)(CC(N)=O)Nc1c(Cl)cncc1[N+](=O)[O-]. The van der Waals surface area contributed by atoms with Gasteiger partial charge in [0, 0.05) is 18.2 Å². The van der Waals surface area contributed by atoms with Crippen molar-refractivity contribution in [3.05, 3.63) is 27.5 Å². The largest absolute Gasteiger partial charge is 0.373 e. The molecule has 0 atom stereocenters. The van der Waals surface area contributed by atoms with Crippen molar-refractivity contribution in [3.63, 3.8) is 0 Å². The maximum absolute atomic E-state index is 10.9. The number of carbonyl (C=O) groups excluding carboxylic acids is 1. The zero-order chi connectivity index (χ0) is 13.9. The molecule has 1 heterocycles. The number of hydrogen-bond acceptors (Lipinski definition) is 5. The molecule has 0 aliphatic carbocycles. The molecule has 1 amide bonds. The van der Waals surface area contributed by atoms with E-state index in [1.54, 1.807) is 13.8 Å². The maximum atomic E-state index is 10.9. The average Bonchev–Trinajstić information content (AvgIpc) is 2.18. The van der Waals surface area contributed by atoms with Gasteiger partial charge in [0.25, 0.3) is 0 Å². The van der Waals surface area contributed by atoms with Gasteiger partial charge in [-0.15, -0.1) is 0 Å². The van der Waals surface area contributed by atoms with E-state index in [1.807, 2.05) is 0 Å². The fourth-order valence-corrected chi connectivity index (χ4v) is 1.71. The Labute approximate surface area is 108 Å². The van der Waals surface area contributed by atoms with Gasteiger partial charge in [0.1, 0.15) is 11.9 Å². The van der Waals surface area contributed by atoms with E-state index in [2.05, 4.69) is 10.3 Å². The monoisotopic (exact) mass is 272 g/mol. The van der Waals surface area contributed by atoms with Crippen LogP contribution in [0.2, 0.25) is 5.02 Å². The van der Waals surface area contributed by atoms with Gasteiger partial charge in [0.2, 0.25) is 5.91 Å². The minimum absolute atomic E-state index is 0.0167. The zero-order valence-electron chi connectivity index (χ0n) is 9.94. The fourth-order valence-electron chi connectivity index (χ4n) is 1.51. The lowest BCUT2D eigenvalue weighted by atomic mass is 10.00. The van der Waals surface area contributed by atoms with Crippen molar-refractivity contribution in [1.82, 2.24) is 4.98 Å². The summed E-state index contributed by atoms with van der Waals surface area (Å²) in [6.45, 7) is 3.39. The minimum Gasteiger partial charge on any atom is -0.373 e. The van der Waals surface area contributed by atoms with Crippen LogP contribution in [-0.4, -0.2) is 21.4 Å². The first kappa shape index (κ1) is 14.2. The van der Waals surface area contributed by atoms with Gasteiger partial charge in [-0.2, -0.15) is 0 Å². The van der Waals surface area contributed by atoms with E-state index in [-0.39, 0.29) is 22.8 Å². The normalized spacial score (nSPS) is 11.1. The van der Waals surface area contributed by atoms with Crippen molar-refractivity contribution in [3.8, 4) is 0 Å². The number of anilines is 1. The first-order valence-corrected chi connectivity index (χ1v) is 5.45. The molecule has 0 aromatic carbocycles. The molecule has 0 saturated carbocycles. The second kappa shape index (κ2) is 5.18. The number of amides is 1. The third kappa shape index (κ3) is 3.56. The Morgan fingerprint density at radius 2 is 2.22 bits per heavy atom. The molecule has 7 nitrogen and oxygen atoms in total. The van der Waals surface area contributed by atoms with Crippen molar-refractivity contribution >= 4 is 28.9 Å². The molecule has 0 aliphatic rings. The first-order chi connectivity index (χ1) is 8.23. The van der Waals surface area contributed by atoms with Crippen LogP contribution < -0.4 is 11.1 Å². The Hall–Kier alpha value is -1.89. The molecule has 0 spiro atoms. The average molecular weight is 273 g/mol. The summed E-state index contributed by atoms with van der Waals surface area (Å²) in [5, 5.41) is 13.8. The maximum Gasteiger partial charge on any atom is 0.311 e. The van der Waals surface area contributed by atoms with Crippen LogP contribution in [0.4, 0.5) is 11.4 Å². The van der Waals surface area contributed by atoms with E-state index < -0.39 is 16.4 Å². The molecule has 1 aromatic rings. The van der Waals surface area contributed by atoms with Crippen LogP contribution >= 0.6 is 11.6 Å². The molecule has 8 heteroatoms. The number of nitro groups is 1. The second-order valence-corrected chi connectivity index (χ2v) is 4.83. The van der Waals surface area contributed by atoms with Gasteiger partial charge in [-0.3, -0.25) is 19.9 Å². The number of pyridine rings is 1. The topological polar surface area (TPSA) is 111 Å². The summed E-state index contributed by atoms with van der Waals surface area (Å²) < 4.78 is 0. The van der Waals surface area contributed by atoms with E-state index >= 15 is 0 Å². The van der Waals surface area contributed by atoms with Crippen molar-refractivity contribution in [2.75, 3.05) is 5.32 Å². The van der Waals surface area contributed by atoms with Gasteiger partial charge in [-0.05, 0) is 13.8 Å². The minimum atomic E-state index is -0.748. The van der Waals surface area contributed by atoms with E-state index in [4.69, 9.17) is 17.3 Å². The fraction of sp³-hybridized carbons (Fsp3) is 0.400. The van der Waals surface area contributed by atoms with E-state index in [0.717, 1.165) is 6.20 Å². The molecule has 3 N–H and O–H groups in total. The highest BCUT2D eigenvalue weighted by Crippen LogP contribution is 2.33. The highest BCUT2D eigenvalue weighted by molar-refractivity contribution is 6.33. The van der Waals surface area contributed by atoms with Crippen molar-refractivity contribution < 1.29 is 9.72 Å². The van der Waals surface area contributed by atoms with Gasteiger partial charge in [0.05, 0.1) is 9.95 Å². The lowest BCUT2D eigenvalue weighted by Crippen LogP contribution is -2.36. The van der Waals surface area contributed by atoms with Crippen LogP contribution in [0.1, 0.15) is 20.3 Å². The third-order valence-corrected chi connectivity index (χ3v) is 2.44. The van der Waals surface area contributed by atoms with Gasteiger partial charge in [-0.1, -0.05) is 11.6 Å². The summed E-state index contributed by atoms with van der Waals surface area (Å²) >= 11 is 5.87. The molecule has 0 bridgehead atoms. The van der Waals surface area contributed by atoms with Crippen molar-refractivity contribution in [2.45, 2.75) is 25.8 Å². The third-order valence-electron chi connectivity index (χ3n) is 2.16. The summed E-state index contributed by atoms with van der Waals surface area (Å²) in [4.78, 5) is 24.8. The number of nitrogens with two attached hydrogens (primary N) is 1. The van der Waals surface area contributed by atoms with Crippen LogP contribution in [-0.2, 0) is 4.79 Å². The Balaban J connectivity index is 3.10. The molecule has 0 aliphatic heterocycles. The molecule has 0 fully saturated rings. The molecule has 0 radical (unpaired) electrons. The van der Waals surface area contributed by atoms with Crippen LogP contribution in [0.25, 0.3) is 0 Å². The number of nitrogens with one attached hydrogen (secondary N) is 1. The highest BCUT2D eigenvalue weighted by Gasteiger charge is 2.26. The van der Waals surface area contributed by atoms with Crippen LogP contribution in [0.3, 0.4) is 0 Å². The second-order valence-electron chi connectivity index (χ2n) is 4.42. The number of aromatic nitrogens is 1. The van der Waals surface area contributed by atoms with Crippen LogP contribution in [0, 0.1) is 10.1 Å². The lowest BCUT2D eigenvalue weighted by molar-refractivity contribution is -0.384.